The van der Waals surface area contributed by atoms with Crippen molar-refractivity contribution in [1.82, 2.24) is 15.1 Å². The van der Waals surface area contributed by atoms with Gasteiger partial charge >= 0.3 is 0 Å². The summed E-state index contributed by atoms with van der Waals surface area (Å²) in [7, 11) is 0. The lowest BCUT2D eigenvalue weighted by atomic mass is 9.99. The molecule has 0 bridgehead atoms. The lowest BCUT2D eigenvalue weighted by molar-refractivity contribution is 0.118. The summed E-state index contributed by atoms with van der Waals surface area (Å²) in [6, 6.07) is 11.3. The van der Waals surface area contributed by atoms with Crippen LogP contribution in [0.5, 0.6) is 0 Å². The molecule has 1 fully saturated rings. The number of thiophene rings is 1. The summed E-state index contributed by atoms with van der Waals surface area (Å²) in [6.45, 7) is 6.47. The maximum absolute atomic E-state index is 6.03. The van der Waals surface area contributed by atoms with Gasteiger partial charge in [-0.25, -0.2) is 0 Å². The van der Waals surface area contributed by atoms with Crippen molar-refractivity contribution in [3.8, 4) is 11.5 Å². The third-order valence-electron chi connectivity index (χ3n) is 5.14. The Kier molecular flexibility index (Phi) is 5.18. The molecule has 0 N–H and O–H groups in total. The van der Waals surface area contributed by atoms with E-state index in [0.717, 1.165) is 31.0 Å². The molecule has 4 rings (SSSR count). The SMILES string of the molecule is CC(C)c1ccc(CN2CCCC[C@H]2c2nnc(-c3ccsc3)o2)cc1. The average Bonchev–Trinajstić information content (AvgIpc) is 3.34. The first-order chi connectivity index (χ1) is 12.7. The van der Waals surface area contributed by atoms with Gasteiger partial charge in [0.1, 0.15) is 0 Å². The van der Waals surface area contributed by atoms with E-state index in [-0.39, 0.29) is 6.04 Å². The molecule has 2 aromatic heterocycles. The lowest BCUT2D eigenvalue weighted by Gasteiger charge is -2.33. The van der Waals surface area contributed by atoms with Crippen LogP contribution in [0.25, 0.3) is 11.5 Å². The Hall–Kier alpha value is -1.98. The van der Waals surface area contributed by atoms with E-state index >= 15 is 0 Å². The summed E-state index contributed by atoms with van der Waals surface area (Å²) in [5, 5.41) is 12.7. The van der Waals surface area contributed by atoms with E-state index in [1.807, 2.05) is 16.8 Å². The van der Waals surface area contributed by atoms with Gasteiger partial charge in [-0.05, 0) is 47.9 Å². The molecule has 4 nitrogen and oxygen atoms in total. The number of hydrogen-bond acceptors (Lipinski definition) is 5. The fraction of sp³-hybridized carbons (Fsp3) is 0.429. The van der Waals surface area contributed by atoms with E-state index in [1.54, 1.807) is 11.3 Å². The van der Waals surface area contributed by atoms with E-state index in [4.69, 9.17) is 4.42 Å². The van der Waals surface area contributed by atoms with Crippen molar-refractivity contribution in [2.24, 2.45) is 0 Å². The Morgan fingerprint density at radius 3 is 2.73 bits per heavy atom. The summed E-state index contributed by atoms with van der Waals surface area (Å²) in [5.74, 6) is 1.96. The van der Waals surface area contributed by atoms with Crippen LogP contribution in [0.1, 0.15) is 62.1 Å². The van der Waals surface area contributed by atoms with Gasteiger partial charge < -0.3 is 4.42 Å². The molecule has 3 heterocycles. The van der Waals surface area contributed by atoms with E-state index in [2.05, 4.69) is 53.2 Å². The zero-order valence-electron chi connectivity index (χ0n) is 15.4. The zero-order valence-corrected chi connectivity index (χ0v) is 16.2. The molecular formula is C21H25N3OS. The number of nitrogens with zero attached hydrogens (tertiary/aromatic N) is 3. The van der Waals surface area contributed by atoms with E-state index in [0.29, 0.717) is 11.8 Å². The van der Waals surface area contributed by atoms with Crippen molar-refractivity contribution in [2.75, 3.05) is 6.54 Å². The highest BCUT2D eigenvalue weighted by molar-refractivity contribution is 7.08. The molecule has 0 spiro atoms. The smallest absolute Gasteiger partial charge is 0.248 e. The predicted octanol–water partition coefficient (Wildman–Crippen LogP) is 5.65. The number of likely N-dealkylation sites (tertiary alicyclic amines) is 1. The van der Waals surface area contributed by atoms with Gasteiger partial charge in [-0.15, -0.1) is 10.2 Å². The summed E-state index contributed by atoms with van der Waals surface area (Å²) >= 11 is 1.65. The summed E-state index contributed by atoms with van der Waals surface area (Å²) in [5.41, 5.74) is 3.75. The van der Waals surface area contributed by atoms with Gasteiger partial charge in [0.15, 0.2) is 0 Å². The summed E-state index contributed by atoms with van der Waals surface area (Å²) < 4.78 is 6.03. The third kappa shape index (κ3) is 3.74. The van der Waals surface area contributed by atoms with Gasteiger partial charge in [0.05, 0.1) is 6.04 Å². The number of aromatic nitrogens is 2. The number of rotatable bonds is 5. The monoisotopic (exact) mass is 367 g/mol. The topological polar surface area (TPSA) is 42.2 Å². The Morgan fingerprint density at radius 1 is 1.15 bits per heavy atom. The predicted molar refractivity (Wildman–Crippen MR) is 105 cm³/mol. The minimum absolute atomic E-state index is 0.216. The van der Waals surface area contributed by atoms with Gasteiger partial charge in [-0.3, -0.25) is 4.90 Å². The van der Waals surface area contributed by atoms with Gasteiger partial charge in [-0.1, -0.05) is 44.5 Å². The molecular weight excluding hydrogens is 342 g/mol. The van der Waals surface area contributed by atoms with Crippen molar-refractivity contribution >= 4 is 11.3 Å². The maximum Gasteiger partial charge on any atom is 0.248 e. The van der Waals surface area contributed by atoms with Crippen molar-refractivity contribution in [1.29, 1.82) is 0 Å². The normalized spacial score (nSPS) is 18.5. The third-order valence-corrected chi connectivity index (χ3v) is 5.82. The highest BCUT2D eigenvalue weighted by Gasteiger charge is 2.28. The number of hydrogen-bond donors (Lipinski definition) is 0. The Labute approximate surface area is 158 Å². The molecule has 3 aromatic rings. The highest BCUT2D eigenvalue weighted by atomic mass is 32.1. The molecule has 5 heteroatoms. The maximum atomic E-state index is 6.03. The minimum atomic E-state index is 0.216. The average molecular weight is 368 g/mol. The van der Waals surface area contributed by atoms with E-state index in [1.165, 1.54) is 24.0 Å². The Bertz CT molecular complexity index is 823. The zero-order chi connectivity index (χ0) is 17.9. The van der Waals surface area contributed by atoms with E-state index < -0.39 is 0 Å². The second-order valence-electron chi connectivity index (χ2n) is 7.34. The van der Waals surface area contributed by atoms with Gasteiger partial charge in [0.2, 0.25) is 11.8 Å². The van der Waals surface area contributed by atoms with Gasteiger partial charge in [0, 0.05) is 17.5 Å². The molecule has 1 aliphatic rings. The Morgan fingerprint density at radius 2 is 2.00 bits per heavy atom. The molecule has 0 aliphatic carbocycles. The second kappa shape index (κ2) is 7.72. The van der Waals surface area contributed by atoms with Crippen LogP contribution >= 0.6 is 11.3 Å². The van der Waals surface area contributed by atoms with Crippen molar-refractivity contribution in [3.05, 3.63) is 58.1 Å². The second-order valence-corrected chi connectivity index (χ2v) is 8.12. The quantitative estimate of drug-likeness (QED) is 0.584. The Balaban J connectivity index is 1.51. The van der Waals surface area contributed by atoms with Crippen LogP contribution in [-0.2, 0) is 6.54 Å². The fourth-order valence-corrected chi connectivity index (χ4v) is 4.20. The molecule has 1 aliphatic heterocycles. The highest BCUT2D eigenvalue weighted by Crippen LogP contribution is 2.33. The van der Waals surface area contributed by atoms with Crippen molar-refractivity contribution < 1.29 is 4.42 Å². The first kappa shape index (κ1) is 17.4. The first-order valence-electron chi connectivity index (χ1n) is 9.39. The van der Waals surface area contributed by atoms with Gasteiger partial charge in [-0.2, -0.15) is 11.3 Å². The summed E-state index contributed by atoms with van der Waals surface area (Å²) in [6.07, 6.45) is 3.52. The van der Waals surface area contributed by atoms with E-state index in [9.17, 15) is 0 Å². The lowest BCUT2D eigenvalue weighted by Crippen LogP contribution is -2.33. The molecule has 1 atom stereocenters. The van der Waals surface area contributed by atoms with Crippen LogP contribution in [0.4, 0.5) is 0 Å². The molecule has 0 amide bonds. The summed E-state index contributed by atoms with van der Waals surface area (Å²) in [4.78, 5) is 2.48. The fourth-order valence-electron chi connectivity index (χ4n) is 3.57. The molecule has 1 saturated heterocycles. The molecule has 0 unspecified atom stereocenters. The van der Waals surface area contributed by atoms with Crippen LogP contribution < -0.4 is 0 Å². The first-order valence-corrected chi connectivity index (χ1v) is 10.3. The van der Waals surface area contributed by atoms with Crippen LogP contribution in [0, 0.1) is 0 Å². The molecule has 26 heavy (non-hydrogen) atoms. The number of piperidine rings is 1. The minimum Gasteiger partial charge on any atom is -0.419 e. The van der Waals surface area contributed by atoms with Crippen molar-refractivity contribution in [2.45, 2.75) is 51.6 Å². The van der Waals surface area contributed by atoms with Crippen molar-refractivity contribution in [3.63, 3.8) is 0 Å². The standard InChI is InChI=1S/C21H25N3OS/c1-15(2)17-8-6-16(7-9-17)13-24-11-4-3-5-19(24)21-23-22-20(25-21)18-10-12-26-14-18/h6-10,12,14-15,19H,3-5,11,13H2,1-2H3/t19-/m0/s1. The largest absolute Gasteiger partial charge is 0.419 e. The number of benzene rings is 1. The van der Waals surface area contributed by atoms with Crippen LogP contribution in [0.3, 0.4) is 0 Å². The molecule has 136 valence electrons. The van der Waals surface area contributed by atoms with Crippen LogP contribution in [-0.4, -0.2) is 21.6 Å². The van der Waals surface area contributed by atoms with Gasteiger partial charge in [0.25, 0.3) is 0 Å². The molecule has 1 aromatic carbocycles. The molecule has 0 radical (unpaired) electrons. The van der Waals surface area contributed by atoms with Crippen LogP contribution in [0.2, 0.25) is 0 Å². The van der Waals surface area contributed by atoms with Crippen LogP contribution in [0.15, 0.2) is 45.5 Å². The molecule has 0 saturated carbocycles.